The number of hydrogen-bond acceptors (Lipinski definition) is 3. The van der Waals surface area contributed by atoms with E-state index in [0.29, 0.717) is 6.04 Å². The van der Waals surface area contributed by atoms with E-state index in [1.165, 1.54) is 48.1 Å². The van der Waals surface area contributed by atoms with Crippen LogP contribution in [0.3, 0.4) is 0 Å². The zero-order valence-corrected chi connectivity index (χ0v) is 15.0. The fourth-order valence-corrected chi connectivity index (χ4v) is 4.49. The molecule has 1 N–H and O–H groups in total. The lowest BCUT2D eigenvalue weighted by atomic mass is 9.96. The number of aromatic nitrogens is 2. The maximum Gasteiger partial charge on any atom is 0.0682 e. The summed E-state index contributed by atoms with van der Waals surface area (Å²) in [6.07, 6.45) is 7.19. The Morgan fingerprint density at radius 2 is 1.96 bits per heavy atom. The summed E-state index contributed by atoms with van der Waals surface area (Å²) in [4.78, 5) is 2.57. The Hall–Kier alpha value is -1.65. The molecule has 3 heterocycles. The molecule has 4 heteroatoms. The molecule has 2 saturated heterocycles. The van der Waals surface area contributed by atoms with Crippen LogP contribution < -0.4 is 5.32 Å². The van der Waals surface area contributed by atoms with Crippen LogP contribution >= 0.6 is 0 Å². The van der Waals surface area contributed by atoms with Gasteiger partial charge in [-0.2, -0.15) is 5.10 Å². The Morgan fingerprint density at radius 3 is 2.62 bits per heavy atom. The Bertz CT molecular complexity index is 708. The lowest BCUT2D eigenvalue weighted by molar-refractivity contribution is 0.166. The van der Waals surface area contributed by atoms with Gasteiger partial charge in [-0.15, -0.1) is 0 Å². The largest absolute Gasteiger partial charge is 0.311 e. The van der Waals surface area contributed by atoms with E-state index in [0.717, 1.165) is 18.6 Å². The maximum absolute atomic E-state index is 4.36. The SMILES string of the molecule is Cc1ccc(CN(C)C2CC3CCC(C2)N3)c(-c2ccnn2C)c1. The molecule has 1 aromatic carbocycles. The normalized spacial score (nSPS) is 26.2. The Balaban J connectivity index is 1.57. The van der Waals surface area contributed by atoms with Crippen molar-refractivity contribution in [1.82, 2.24) is 20.0 Å². The average molecular weight is 324 g/mol. The number of hydrogen-bond donors (Lipinski definition) is 1. The molecule has 0 spiro atoms. The summed E-state index contributed by atoms with van der Waals surface area (Å²) in [7, 11) is 4.32. The lowest BCUT2D eigenvalue weighted by Crippen LogP contribution is -2.46. The molecular weight excluding hydrogens is 296 g/mol. The van der Waals surface area contributed by atoms with Crippen LogP contribution in [0.2, 0.25) is 0 Å². The van der Waals surface area contributed by atoms with Crippen molar-refractivity contribution in [1.29, 1.82) is 0 Å². The van der Waals surface area contributed by atoms with Gasteiger partial charge in [-0.3, -0.25) is 9.58 Å². The Kier molecular flexibility index (Phi) is 4.19. The second-order valence-corrected chi connectivity index (χ2v) is 7.68. The first-order valence-corrected chi connectivity index (χ1v) is 9.14. The Labute approximate surface area is 144 Å². The van der Waals surface area contributed by atoms with Gasteiger partial charge in [-0.1, -0.05) is 17.7 Å². The van der Waals surface area contributed by atoms with Gasteiger partial charge < -0.3 is 5.32 Å². The summed E-state index contributed by atoms with van der Waals surface area (Å²) in [6, 6.07) is 11.1. The van der Waals surface area contributed by atoms with Crippen molar-refractivity contribution in [2.45, 2.75) is 57.3 Å². The first-order valence-electron chi connectivity index (χ1n) is 9.14. The van der Waals surface area contributed by atoms with E-state index in [4.69, 9.17) is 0 Å². The third-order valence-electron chi connectivity index (χ3n) is 5.85. The molecule has 2 bridgehead atoms. The zero-order chi connectivity index (χ0) is 16.7. The first-order chi connectivity index (χ1) is 11.6. The van der Waals surface area contributed by atoms with Crippen molar-refractivity contribution in [2.24, 2.45) is 7.05 Å². The van der Waals surface area contributed by atoms with Crippen LogP contribution in [0.25, 0.3) is 11.3 Å². The van der Waals surface area contributed by atoms with Crippen LogP contribution in [-0.4, -0.2) is 39.9 Å². The molecule has 1 aromatic heterocycles. The molecule has 2 aromatic rings. The molecule has 0 radical (unpaired) electrons. The van der Waals surface area contributed by atoms with Gasteiger partial charge in [-0.25, -0.2) is 0 Å². The van der Waals surface area contributed by atoms with Crippen molar-refractivity contribution < 1.29 is 0 Å². The van der Waals surface area contributed by atoms with Crippen molar-refractivity contribution >= 4 is 0 Å². The van der Waals surface area contributed by atoms with Crippen molar-refractivity contribution in [3.05, 3.63) is 41.6 Å². The van der Waals surface area contributed by atoms with Gasteiger partial charge >= 0.3 is 0 Å². The van der Waals surface area contributed by atoms with Crippen LogP contribution in [0.15, 0.2) is 30.5 Å². The quantitative estimate of drug-likeness (QED) is 0.938. The van der Waals surface area contributed by atoms with Gasteiger partial charge in [0.25, 0.3) is 0 Å². The highest BCUT2D eigenvalue weighted by Crippen LogP contribution is 2.31. The molecule has 0 aliphatic carbocycles. The van der Waals surface area contributed by atoms with Crippen molar-refractivity contribution in [3.63, 3.8) is 0 Å². The van der Waals surface area contributed by atoms with Crippen molar-refractivity contribution in [3.8, 4) is 11.3 Å². The summed E-state index contributed by atoms with van der Waals surface area (Å²) >= 11 is 0. The highest BCUT2D eigenvalue weighted by atomic mass is 15.3. The standard InChI is InChI=1S/C20H28N4/c1-14-4-5-15(19(10-14)20-8-9-21-24(20)3)13-23(2)18-11-16-6-7-17(12-18)22-16/h4-5,8-10,16-18,22H,6-7,11-13H2,1-3H3. The number of benzene rings is 1. The minimum atomic E-state index is 0.699. The molecule has 128 valence electrons. The van der Waals surface area contributed by atoms with Gasteiger partial charge in [0.2, 0.25) is 0 Å². The Morgan fingerprint density at radius 1 is 1.21 bits per heavy atom. The number of aryl methyl sites for hydroxylation is 2. The predicted molar refractivity (Wildman–Crippen MR) is 97.8 cm³/mol. The minimum Gasteiger partial charge on any atom is -0.311 e. The van der Waals surface area contributed by atoms with Crippen LogP contribution in [0.4, 0.5) is 0 Å². The number of nitrogens with one attached hydrogen (secondary N) is 1. The fraction of sp³-hybridized carbons (Fsp3) is 0.550. The summed E-state index contributed by atoms with van der Waals surface area (Å²) in [5.74, 6) is 0. The third-order valence-corrected chi connectivity index (χ3v) is 5.85. The van der Waals surface area contributed by atoms with E-state index in [1.807, 2.05) is 17.9 Å². The fourth-order valence-electron chi connectivity index (χ4n) is 4.49. The van der Waals surface area contributed by atoms with E-state index < -0.39 is 0 Å². The van der Waals surface area contributed by atoms with E-state index >= 15 is 0 Å². The van der Waals surface area contributed by atoms with E-state index in [-0.39, 0.29) is 0 Å². The summed E-state index contributed by atoms with van der Waals surface area (Å²) in [6.45, 7) is 3.17. The molecule has 0 amide bonds. The molecule has 2 atom stereocenters. The topological polar surface area (TPSA) is 33.1 Å². The second kappa shape index (κ2) is 6.34. The predicted octanol–water partition coefficient (Wildman–Crippen LogP) is 3.11. The molecule has 2 aliphatic heterocycles. The summed E-state index contributed by atoms with van der Waals surface area (Å²) in [5, 5.41) is 8.11. The highest BCUT2D eigenvalue weighted by molar-refractivity contribution is 5.64. The third kappa shape index (κ3) is 3.01. The van der Waals surface area contributed by atoms with E-state index in [9.17, 15) is 0 Å². The first kappa shape index (κ1) is 15.9. The number of rotatable bonds is 4. The second-order valence-electron chi connectivity index (χ2n) is 7.68. The summed E-state index contributed by atoms with van der Waals surface area (Å²) in [5.41, 5.74) is 5.22. The van der Waals surface area contributed by atoms with E-state index in [2.05, 4.69) is 53.6 Å². The molecular formula is C20H28N4. The van der Waals surface area contributed by atoms with Crippen LogP contribution in [0, 0.1) is 6.92 Å². The van der Waals surface area contributed by atoms with Gasteiger partial charge in [0, 0.05) is 43.5 Å². The molecule has 2 aliphatic rings. The monoisotopic (exact) mass is 324 g/mol. The maximum atomic E-state index is 4.36. The molecule has 4 nitrogen and oxygen atoms in total. The van der Waals surface area contributed by atoms with Crippen LogP contribution in [0.5, 0.6) is 0 Å². The highest BCUT2D eigenvalue weighted by Gasteiger charge is 2.35. The lowest BCUT2D eigenvalue weighted by Gasteiger charge is -2.36. The minimum absolute atomic E-state index is 0.699. The number of fused-ring (bicyclic) bond motifs is 2. The molecule has 2 fully saturated rings. The van der Waals surface area contributed by atoms with Gasteiger partial charge in [-0.05, 0) is 57.4 Å². The molecule has 2 unspecified atom stereocenters. The summed E-state index contributed by atoms with van der Waals surface area (Å²) < 4.78 is 1.98. The molecule has 4 rings (SSSR count). The van der Waals surface area contributed by atoms with Gasteiger partial charge in [0.05, 0.1) is 5.69 Å². The van der Waals surface area contributed by atoms with Crippen LogP contribution in [0.1, 0.15) is 36.8 Å². The number of nitrogens with zero attached hydrogens (tertiary/aromatic N) is 3. The number of piperidine rings is 1. The average Bonchev–Trinajstić information content (AvgIpc) is 3.14. The van der Waals surface area contributed by atoms with Crippen LogP contribution in [-0.2, 0) is 13.6 Å². The molecule has 0 saturated carbocycles. The van der Waals surface area contributed by atoms with Crippen molar-refractivity contribution in [2.75, 3.05) is 7.05 Å². The molecule has 24 heavy (non-hydrogen) atoms. The zero-order valence-electron chi connectivity index (χ0n) is 15.0. The van der Waals surface area contributed by atoms with E-state index in [1.54, 1.807) is 0 Å². The smallest absolute Gasteiger partial charge is 0.0682 e. The van der Waals surface area contributed by atoms with Gasteiger partial charge in [0.1, 0.15) is 0 Å². The van der Waals surface area contributed by atoms with Gasteiger partial charge in [0.15, 0.2) is 0 Å².